The molecule has 2 heterocycles. The number of imidazole rings is 1. The van der Waals surface area contributed by atoms with E-state index < -0.39 is 16.1 Å². The second-order valence-corrected chi connectivity index (χ2v) is 7.23. The van der Waals surface area contributed by atoms with E-state index in [-0.39, 0.29) is 10.8 Å². The molecule has 0 saturated heterocycles. The molecule has 0 fully saturated rings. The van der Waals surface area contributed by atoms with Crippen molar-refractivity contribution in [3.8, 4) is 5.75 Å². The summed E-state index contributed by atoms with van der Waals surface area (Å²) >= 11 is 0. The van der Waals surface area contributed by atoms with E-state index in [4.69, 9.17) is 4.74 Å². The highest BCUT2D eigenvalue weighted by atomic mass is 32.2. The highest BCUT2D eigenvalue weighted by molar-refractivity contribution is 7.89. The highest BCUT2D eigenvalue weighted by Gasteiger charge is 2.25. The lowest BCUT2D eigenvalue weighted by atomic mass is 10.2. The van der Waals surface area contributed by atoms with Crippen LogP contribution in [0.4, 0.5) is 5.69 Å². The van der Waals surface area contributed by atoms with Gasteiger partial charge in [-0.2, -0.15) is 0 Å². The van der Waals surface area contributed by atoms with E-state index in [9.17, 15) is 13.2 Å². The molecule has 1 aromatic carbocycles. The van der Waals surface area contributed by atoms with Gasteiger partial charge < -0.3 is 14.6 Å². The zero-order valence-corrected chi connectivity index (χ0v) is 13.9. The summed E-state index contributed by atoms with van der Waals surface area (Å²) in [6.07, 6.45) is 5.22. The Morgan fingerprint density at radius 1 is 1.42 bits per heavy atom. The second-order valence-electron chi connectivity index (χ2n) is 5.46. The number of hydrogen-bond acceptors (Lipinski definition) is 5. The summed E-state index contributed by atoms with van der Waals surface area (Å²) in [5.41, 5.74) is 0.361. The molecule has 2 aromatic rings. The summed E-state index contributed by atoms with van der Waals surface area (Å²) in [4.78, 5) is 15.6. The Labute approximate surface area is 139 Å². The molecule has 0 saturated carbocycles. The summed E-state index contributed by atoms with van der Waals surface area (Å²) in [6, 6.07) is 4.41. The average molecular weight is 350 g/mol. The third-order valence-corrected chi connectivity index (χ3v) is 5.10. The molecule has 1 amide bonds. The molecule has 1 aliphatic rings. The van der Waals surface area contributed by atoms with E-state index in [1.54, 1.807) is 25.5 Å². The summed E-state index contributed by atoms with van der Waals surface area (Å²) in [5, 5.41) is 2.64. The van der Waals surface area contributed by atoms with Gasteiger partial charge in [0.05, 0.1) is 16.9 Å². The first kappa shape index (κ1) is 16.5. The van der Waals surface area contributed by atoms with E-state index in [0.29, 0.717) is 30.9 Å². The van der Waals surface area contributed by atoms with E-state index in [0.717, 1.165) is 0 Å². The third kappa shape index (κ3) is 3.57. The topological polar surface area (TPSA) is 102 Å². The number of hydrogen-bond donors (Lipinski definition) is 2. The Balaban J connectivity index is 1.64. The van der Waals surface area contributed by atoms with Crippen molar-refractivity contribution in [3.63, 3.8) is 0 Å². The molecule has 128 valence electrons. The van der Waals surface area contributed by atoms with Crippen LogP contribution in [0.25, 0.3) is 0 Å². The maximum Gasteiger partial charge on any atom is 0.265 e. The molecule has 0 spiro atoms. The monoisotopic (exact) mass is 350 g/mol. The number of benzene rings is 1. The highest BCUT2D eigenvalue weighted by Crippen LogP contribution is 2.31. The van der Waals surface area contributed by atoms with Crippen molar-refractivity contribution < 1.29 is 17.9 Å². The molecule has 1 aromatic heterocycles. The van der Waals surface area contributed by atoms with Crippen LogP contribution in [-0.2, 0) is 21.4 Å². The Kier molecular flexibility index (Phi) is 4.54. The molecule has 24 heavy (non-hydrogen) atoms. The van der Waals surface area contributed by atoms with Gasteiger partial charge in [0.1, 0.15) is 5.75 Å². The summed E-state index contributed by atoms with van der Waals surface area (Å²) in [7, 11) is -3.65. The van der Waals surface area contributed by atoms with Crippen molar-refractivity contribution in [2.45, 2.75) is 30.9 Å². The fourth-order valence-electron chi connectivity index (χ4n) is 2.33. The molecular weight excluding hydrogens is 332 g/mol. The molecule has 1 atom stereocenters. The molecule has 0 bridgehead atoms. The van der Waals surface area contributed by atoms with Crippen LogP contribution in [0.1, 0.15) is 13.3 Å². The summed E-state index contributed by atoms with van der Waals surface area (Å²) < 4.78 is 34.5. The normalized spacial score (nSPS) is 17.0. The Bertz CT molecular complexity index is 833. The number of anilines is 1. The van der Waals surface area contributed by atoms with Gasteiger partial charge in [0.25, 0.3) is 5.91 Å². The summed E-state index contributed by atoms with van der Waals surface area (Å²) in [5.74, 6) is 0.159. The Morgan fingerprint density at radius 2 is 2.25 bits per heavy atom. The smallest absolute Gasteiger partial charge is 0.265 e. The molecular formula is C15H18N4O4S. The molecule has 8 nitrogen and oxygen atoms in total. The van der Waals surface area contributed by atoms with Gasteiger partial charge in [-0.15, -0.1) is 0 Å². The number of carbonyl (C=O) groups is 1. The minimum absolute atomic E-state index is 0.0855. The number of amides is 1. The van der Waals surface area contributed by atoms with Crippen molar-refractivity contribution in [2.24, 2.45) is 0 Å². The predicted octanol–water partition coefficient (Wildman–Crippen LogP) is 0.971. The van der Waals surface area contributed by atoms with Crippen LogP contribution in [0.15, 0.2) is 41.8 Å². The van der Waals surface area contributed by atoms with Gasteiger partial charge in [-0.1, -0.05) is 0 Å². The van der Waals surface area contributed by atoms with Crippen molar-refractivity contribution in [1.29, 1.82) is 0 Å². The van der Waals surface area contributed by atoms with Crippen LogP contribution < -0.4 is 14.8 Å². The van der Waals surface area contributed by atoms with Crippen molar-refractivity contribution >= 4 is 21.6 Å². The molecule has 1 aliphatic heterocycles. The molecule has 0 unspecified atom stereocenters. The van der Waals surface area contributed by atoms with Gasteiger partial charge >= 0.3 is 0 Å². The Hall–Kier alpha value is -2.39. The van der Waals surface area contributed by atoms with Crippen LogP contribution in [-0.4, -0.2) is 36.5 Å². The minimum Gasteiger partial charge on any atom is -0.479 e. The van der Waals surface area contributed by atoms with Crippen LogP contribution in [0, 0.1) is 0 Å². The predicted molar refractivity (Wildman–Crippen MR) is 87.2 cm³/mol. The largest absolute Gasteiger partial charge is 0.479 e. The van der Waals surface area contributed by atoms with Crippen molar-refractivity contribution in [1.82, 2.24) is 14.3 Å². The number of nitrogens with zero attached hydrogens (tertiary/aromatic N) is 2. The van der Waals surface area contributed by atoms with Crippen LogP contribution in [0.3, 0.4) is 0 Å². The summed E-state index contributed by atoms with van der Waals surface area (Å²) in [6.45, 7) is 2.61. The van der Waals surface area contributed by atoms with Gasteiger partial charge in [0.2, 0.25) is 10.0 Å². The maximum atomic E-state index is 12.3. The van der Waals surface area contributed by atoms with Crippen LogP contribution in [0.5, 0.6) is 5.75 Å². The SMILES string of the molecule is C[C@@H]1Oc2ccc(S(=O)(=O)NCCCn3ccnc3)cc2NC1=O. The maximum absolute atomic E-state index is 12.3. The van der Waals surface area contributed by atoms with Crippen molar-refractivity contribution in [3.05, 3.63) is 36.9 Å². The lowest BCUT2D eigenvalue weighted by molar-refractivity contribution is -0.122. The van der Waals surface area contributed by atoms with E-state index in [1.807, 2.05) is 10.8 Å². The van der Waals surface area contributed by atoms with Gasteiger partial charge in [0.15, 0.2) is 6.10 Å². The number of rotatable bonds is 6. The quantitative estimate of drug-likeness (QED) is 0.756. The third-order valence-electron chi connectivity index (χ3n) is 3.64. The molecule has 0 radical (unpaired) electrons. The van der Waals surface area contributed by atoms with Crippen molar-refractivity contribution in [2.75, 3.05) is 11.9 Å². The van der Waals surface area contributed by atoms with E-state index in [2.05, 4.69) is 15.0 Å². The number of aryl methyl sites for hydroxylation is 1. The van der Waals surface area contributed by atoms with Gasteiger partial charge in [-0.3, -0.25) is 4.79 Å². The first-order valence-electron chi connectivity index (χ1n) is 7.53. The second kappa shape index (κ2) is 6.62. The zero-order chi connectivity index (χ0) is 17.2. The standard InChI is InChI=1S/C15H18N4O4S/c1-11-15(20)18-13-9-12(3-4-14(13)23-11)24(21,22)17-5-2-7-19-8-6-16-10-19/h3-4,6,8-11,17H,2,5,7H2,1H3,(H,18,20)/t11-/m0/s1. The fourth-order valence-corrected chi connectivity index (χ4v) is 3.43. The van der Waals surface area contributed by atoms with E-state index >= 15 is 0 Å². The van der Waals surface area contributed by atoms with Crippen LogP contribution in [0.2, 0.25) is 0 Å². The first-order chi connectivity index (χ1) is 11.5. The van der Waals surface area contributed by atoms with Gasteiger partial charge in [-0.05, 0) is 31.5 Å². The lowest BCUT2D eigenvalue weighted by Crippen LogP contribution is -2.34. The number of nitrogens with one attached hydrogen (secondary N) is 2. The Morgan fingerprint density at radius 3 is 3.00 bits per heavy atom. The zero-order valence-electron chi connectivity index (χ0n) is 13.1. The average Bonchev–Trinajstić information content (AvgIpc) is 3.05. The number of sulfonamides is 1. The number of ether oxygens (including phenoxy) is 1. The number of aromatic nitrogens is 2. The van der Waals surface area contributed by atoms with E-state index in [1.165, 1.54) is 12.1 Å². The number of fused-ring (bicyclic) bond motifs is 1. The minimum atomic E-state index is -3.65. The number of carbonyl (C=O) groups excluding carboxylic acids is 1. The fraction of sp³-hybridized carbons (Fsp3) is 0.333. The lowest BCUT2D eigenvalue weighted by Gasteiger charge is -2.23. The first-order valence-corrected chi connectivity index (χ1v) is 9.01. The molecule has 9 heteroatoms. The molecule has 3 rings (SSSR count). The molecule has 2 N–H and O–H groups in total. The molecule has 0 aliphatic carbocycles. The van der Waals surface area contributed by atoms with Gasteiger partial charge in [-0.25, -0.2) is 18.1 Å². The van der Waals surface area contributed by atoms with Crippen LogP contribution >= 0.6 is 0 Å². The van der Waals surface area contributed by atoms with Gasteiger partial charge in [0, 0.05) is 25.5 Å².